The first-order valence-electron chi connectivity index (χ1n) is 3.88. The zero-order chi connectivity index (χ0) is 10.1. The van der Waals surface area contributed by atoms with E-state index in [-0.39, 0.29) is 5.78 Å². The first kappa shape index (κ1) is 9.61. The molecule has 2 rings (SSSR count). The summed E-state index contributed by atoms with van der Waals surface area (Å²) in [6, 6.07) is 1.80. The number of Topliss-reactive ketones (excluding diaryl/α,β-unsaturated/α-hetero) is 1. The van der Waals surface area contributed by atoms with Crippen molar-refractivity contribution < 1.29 is 9.21 Å². The van der Waals surface area contributed by atoms with E-state index in [0.29, 0.717) is 15.6 Å². The summed E-state index contributed by atoms with van der Waals surface area (Å²) >= 11 is 4.67. The summed E-state index contributed by atoms with van der Waals surface area (Å²) in [5.41, 5.74) is 0. The smallest absolute Gasteiger partial charge is 0.176 e. The maximum atomic E-state index is 11.0. The molecule has 0 atom stereocenters. The van der Waals surface area contributed by atoms with E-state index in [1.165, 1.54) is 18.3 Å². The van der Waals surface area contributed by atoms with Crippen LogP contribution in [0.2, 0.25) is 0 Å². The van der Waals surface area contributed by atoms with Crippen molar-refractivity contribution in [3.8, 4) is 10.8 Å². The minimum Gasteiger partial charge on any atom is -0.461 e. The molecule has 0 amide bonds. The fourth-order valence-corrected chi connectivity index (χ4v) is 2.32. The van der Waals surface area contributed by atoms with Gasteiger partial charge in [0.1, 0.15) is 0 Å². The van der Waals surface area contributed by atoms with E-state index in [9.17, 15) is 4.79 Å². The molecule has 0 bridgehead atoms. The lowest BCUT2D eigenvalue weighted by Crippen LogP contribution is -1.83. The third kappa shape index (κ3) is 1.65. The van der Waals surface area contributed by atoms with Crippen LogP contribution < -0.4 is 0 Å². The second-order valence-corrected chi connectivity index (χ2v) is 4.57. The maximum Gasteiger partial charge on any atom is 0.176 e. The number of nitrogens with zero attached hydrogens (tertiary/aromatic N) is 1. The zero-order valence-corrected chi connectivity index (χ0v) is 9.68. The summed E-state index contributed by atoms with van der Waals surface area (Å²) in [7, 11) is 0. The van der Waals surface area contributed by atoms with Crippen LogP contribution in [0.25, 0.3) is 10.8 Å². The molecule has 0 N–H and O–H groups in total. The quantitative estimate of drug-likeness (QED) is 0.787. The van der Waals surface area contributed by atoms with Gasteiger partial charge in [0.05, 0.1) is 15.6 Å². The van der Waals surface area contributed by atoms with Crippen LogP contribution in [-0.4, -0.2) is 10.8 Å². The summed E-state index contributed by atoms with van der Waals surface area (Å²) in [5, 5.41) is 0.715. The van der Waals surface area contributed by atoms with Gasteiger partial charge < -0.3 is 4.42 Å². The van der Waals surface area contributed by atoms with Crippen molar-refractivity contribution in [3.05, 3.63) is 27.9 Å². The Morgan fingerprint density at radius 3 is 2.93 bits per heavy atom. The number of carbonyl (C=O) groups excluding carboxylic acids is 1. The van der Waals surface area contributed by atoms with Crippen molar-refractivity contribution in [2.24, 2.45) is 0 Å². The van der Waals surface area contributed by atoms with Crippen molar-refractivity contribution in [1.82, 2.24) is 4.98 Å². The first-order valence-corrected chi connectivity index (χ1v) is 5.49. The molecule has 0 aliphatic rings. The van der Waals surface area contributed by atoms with E-state index in [0.717, 1.165) is 4.47 Å². The van der Waals surface area contributed by atoms with E-state index < -0.39 is 0 Å². The van der Waals surface area contributed by atoms with Crippen molar-refractivity contribution in [2.45, 2.75) is 6.92 Å². The SMILES string of the molecule is CC(=O)c1cnc(-c2occc2Br)s1. The van der Waals surface area contributed by atoms with Gasteiger partial charge in [0.2, 0.25) is 0 Å². The molecule has 2 heterocycles. The van der Waals surface area contributed by atoms with Crippen LogP contribution in [0.15, 0.2) is 27.4 Å². The molecule has 2 aromatic heterocycles. The van der Waals surface area contributed by atoms with E-state index in [2.05, 4.69) is 20.9 Å². The average Bonchev–Trinajstić information content (AvgIpc) is 2.71. The summed E-state index contributed by atoms with van der Waals surface area (Å²) in [4.78, 5) is 15.8. The number of furan rings is 1. The van der Waals surface area contributed by atoms with Crippen molar-refractivity contribution in [1.29, 1.82) is 0 Å². The maximum absolute atomic E-state index is 11.0. The molecule has 14 heavy (non-hydrogen) atoms. The number of ketones is 1. The molecule has 72 valence electrons. The molecule has 0 aromatic carbocycles. The number of halogens is 1. The average molecular weight is 272 g/mol. The second-order valence-electron chi connectivity index (χ2n) is 2.68. The van der Waals surface area contributed by atoms with Crippen LogP contribution in [0, 0.1) is 0 Å². The monoisotopic (exact) mass is 271 g/mol. The van der Waals surface area contributed by atoms with Crippen LogP contribution in [0.5, 0.6) is 0 Å². The largest absolute Gasteiger partial charge is 0.461 e. The Morgan fingerprint density at radius 1 is 1.64 bits per heavy atom. The molecular weight excluding hydrogens is 266 g/mol. The Balaban J connectivity index is 2.43. The molecule has 0 radical (unpaired) electrons. The van der Waals surface area contributed by atoms with Gasteiger partial charge in [-0.3, -0.25) is 4.79 Å². The Labute approximate surface area is 92.9 Å². The van der Waals surface area contributed by atoms with Gasteiger partial charge in [-0.05, 0) is 22.0 Å². The molecule has 3 nitrogen and oxygen atoms in total. The van der Waals surface area contributed by atoms with Gasteiger partial charge in [0.25, 0.3) is 0 Å². The predicted octanol–water partition coefficient (Wildman–Crippen LogP) is 3.37. The highest BCUT2D eigenvalue weighted by atomic mass is 79.9. The van der Waals surface area contributed by atoms with E-state index in [1.807, 2.05) is 0 Å². The number of rotatable bonds is 2. The van der Waals surface area contributed by atoms with Crippen LogP contribution in [0.4, 0.5) is 0 Å². The van der Waals surface area contributed by atoms with Gasteiger partial charge in [0, 0.05) is 13.1 Å². The third-order valence-electron chi connectivity index (χ3n) is 1.66. The fourth-order valence-electron chi connectivity index (χ4n) is 0.988. The summed E-state index contributed by atoms with van der Waals surface area (Å²) in [5.74, 6) is 0.693. The van der Waals surface area contributed by atoms with Gasteiger partial charge in [-0.25, -0.2) is 4.98 Å². The highest BCUT2D eigenvalue weighted by Crippen LogP contribution is 2.32. The first-order chi connectivity index (χ1) is 6.68. The summed E-state index contributed by atoms with van der Waals surface area (Å²) in [6.45, 7) is 1.52. The third-order valence-corrected chi connectivity index (χ3v) is 3.39. The molecule has 2 aromatic rings. The molecular formula is C9H6BrNO2S. The van der Waals surface area contributed by atoms with Gasteiger partial charge in [-0.15, -0.1) is 11.3 Å². The highest BCUT2D eigenvalue weighted by molar-refractivity contribution is 9.10. The van der Waals surface area contributed by atoms with E-state index in [1.54, 1.807) is 18.5 Å². The van der Waals surface area contributed by atoms with E-state index >= 15 is 0 Å². The van der Waals surface area contributed by atoms with Gasteiger partial charge in [-0.1, -0.05) is 0 Å². The van der Waals surface area contributed by atoms with Crippen molar-refractivity contribution in [2.75, 3.05) is 0 Å². The number of hydrogen-bond donors (Lipinski definition) is 0. The van der Waals surface area contributed by atoms with Crippen molar-refractivity contribution in [3.63, 3.8) is 0 Å². The standard InChI is InChI=1S/C9H6BrNO2S/c1-5(12)7-4-11-9(14-7)8-6(10)2-3-13-8/h2-4H,1H3. The molecule has 0 aliphatic carbocycles. The Morgan fingerprint density at radius 2 is 2.43 bits per heavy atom. The lowest BCUT2D eigenvalue weighted by atomic mass is 10.4. The number of carbonyl (C=O) groups is 1. The van der Waals surface area contributed by atoms with E-state index in [4.69, 9.17) is 4.42 Å². The molecule has 0 spiro atoms. The summed E-state index contributed by atoms with van der Waals surface area (Å²) in [6.07, 6.45) is 3.14. The second kappa shape index (κ2) is 3.67. The topological polar surface area (TPSA) is 43.1 Å². The van der Waals surface area contributed by atoms with Crippen LogP contribution in [-0.2, 0) is 0 Å². The lowest BCUT2D eigenvalue weighted by molar-refractivity contribution is 0.102. The predicted molar refractivity (Wildman–Crippen MR) is 57.5 cm³/mol. The molecule has 0 saturated carbocycles. The normalized spacial score (nSPS) is 10.4. The number of thiazole rings is 1. The van der Waals surface area contributed by atoms with Gasteiger partial charge >= 0.3 is 0 Å². The number of aromatic nitrogens is 1. The van der Waals surface area contributed by atoms with Crippen LogP contribution in [0.1, 0.15) is 16.6 Å². The van der Waals surface area contributed by atoms with Gasteiger partial charge in [0.15, 0.2) is 16.6 Å². The zero-order valence-electron chi connectivity index (χ0n) is 7.28. The van der Waals surface area contributed by atoms with Crippen LogP contribution >= 0.6 is 27.3 Å². The molecule has 0 saturated heterocycles. The minimum absolute atomic E-state index is 0.0245. The molecule has 5 heteroatoms. The van der Waals surface area contributed by atoms with Crippen LogP contribution in [0.3, 0.4) is 0 Å². The lowest BCUT2D eigenvalue weighted by Gasteiger charge is -1.88. The summed E-state index contributed by atoms with van der Waals surface area (Å²) < 4.78 is 6.08. The Hall–Kier alpha value is -0.940. The van der Waals surface area contributed by atoms with Gasteiger partial charge in [-0.2, -0.15) is 0 Å². The molecule has 0 unspecified atom stereocenters. The Bertz CT molecular complexity index is 475. The number of hydrogen-bond acceptors (Lipinski definition) is 4. The van der Waals surface area contributed by atoms with Crippen molar-refractivity contribution >= 4 is 33.0 Å². The highest BCUT2D eigenvalue weighted by Gasteiger charge is 2.12. The fraction of sp³-hybridized carbons (Fsp3) is 0.111. The minimum atomic E-state index is 0.0245. The molecule has 0 fully saturated rings. The molecule has 0 aliphatic heterocycles. The Kier molecular flexibility index (Phi) is 2.52.